The van der Waals surface area contributed by atoms with Gasteiger partial charge in [0.25, 0.3) is 0 Å². The Balaban J connectivity index is 1.79. The lowest BCUT2D eigenvalue weighted by Crippen LogP contribution is -2.35. The monoisotopic (exact) mass is 185 g/mol. The Morgan fingerprint density at radius 2 is 1.92 bits per heavy atom. The number of carbonyl (C=O) groups is 1. The van der Waals surface area contributed by atoms with E-state index in [1.165, 1.54) is 12.8 Å². The lowest BCUT2D eigenvalue weighted by Gasteiger charge is -2.28. The molecule has 0 amide bonds. The molecular weight excluding hydrogens is 170 g/mol. The number of likely N-dealkylation sites (tertiary alicyclic amines) is 1. The number of carboxylic acids is 1. The van der Waals surface area contributed by atoms with Gasteiger partial charge in [-0.25, -0.2) is 4.79 Å². The Bertz CT molecular complexity index is 207. The highest BCUT2D eigenvalue weighted by atomic mass is 16.4. The fraction of sp³-hybridized carbons (Fsp3) is 0.889. The number of fused-ring (bicyclic) bond motifs is 1. The highest BCUT2D eigenvalue weighted by Gasteiger charge is 2.39. The van der Waals surface area contributed by atoms with Crippen molar-refractivity contribution in [1.82, 2.24) is 4.90 Å². The summed E-state index contributed by atoms with van der Waals surface area (Å²) in [6, 6.07) is 0. The van der Waals surface area contributed by atoms with E-state index >= 15 is 0 Å². The second kappa shape index (κ2) is 3.27. The van der Waals surface area contributed by atoms with Crippen LogP contribution in [0.4, 0.5) is 0 Å². The zero-order valence-corrected chi connectivity index (χ0v) is 7.52. The first-order valence-corrected chi connectivity index (χ1v) is 4.80. The van der Waals surface area contributed by atoms with Crippen LogP contribution in [0.25, 0.3) is 0 Å². The van der Waals surface area contributed by atoms with Crippen molar-refractivity contribution in [1.29, 1.82) is 0 Å². The molecule has 0 aromatic carbocycles. The van der Waals surface area contributed by atoms with Crippen molar-refractivity contribution < 1.29 is 15.0 Å². The number of aliphatic hydroxyl groups excluding tert-OH is 1. The van der Waals surface area contributed by atoms with Gasteiger partial charge in [0.05, 0.1) is 0 Å². The summed E-state index contributed by atoms with van der Waals surface area (Å²) in [4.78, 5) is 12.5. The van der Waals surface area contributed by atoms with Crippen LogP contribution in [0.15, 0.2) is 0 Å². The van der Waals surface area contributed by atoms with Gasteiger partial charge in [-0.15, -0.1) is 0 Å². The van der Waals surface area contributed by atoms with Crippen molar-refractivity contribution in [3.8, 4) is 0 Å². The zero-order chi connectivity index (χ0) is 9.42. The fourth-order valence-corrected chi connectivity index (χ4v) is 2.33. The normalized spacial score (nSPS) is 35.2. The molecule has 1 saturated carbocycles. The molecule has 4 heteroatoms. The molecule has 0 bridgehead atoms. The van der Waals surface area contributed by atoms with Gasteiger partial charge in [-0.3, -0.25) is 4.90 Å². The minimum Gasteiger partial charge on any atom is -0.479 e. The van der Waals surface area contributed by atoms with Gasteiger partial charge in [0.15, 0.2) is 6.10 Å². The number of aliphatic hydroxyl groups is 1. The standard InChI is InChI=1S/C9H15NO3/c11-8(9(12)13)5-10-3-6-1-2-7(6)4-10/h6-8,11H,1-5H2,(H,12,13). The summed E-state index contributed by atoms with van der Waals surface area (Å²) < 4.78 is 0. The van der Waals surface area contributed by atoms with Crippen LogP contribution in [0.3, 0.4) is 0 Å². The van der Waals surface area contributed by atoms with Crippen molar-refractivity contribution in [2.24, 2.45) is 11.8 Å². The quantitative estimate of drug-likeness (QED) is 0.638. The maximum absolute atomic E-state index is 10.4. The first-order valence-electron chi connectivity index (χ1n) is 4.80. The minimum atomic E-state index is -1.21. The van der Waals surface area contributed by atoms with Crippen molar-refractivity contribution >= 4 is 5.97 Å². The average molecular weight is 185 g/mol. The van der Waals surface area contributed by atoms with Gasteiger partial charge in [-0.1, -0.05) is 0 Å². The fourth-order valence-electron chi connectivity index (χ4n) is 2.33. The Morgan fingerprint density at radius 3 is 2.31 bits per heavy atom. The number of carboxylic acid groups (broad SMARTS) is 1. The third-order valence-corrected chi connectivity index (χ3v) is 3.28. The third-order valence-electron chi connectivity index (χ3n) is 3.28. The summed E-state index contributed by atoms with van der Waals surface area (Å²) in [5, 5.41) is 17.7. The van der Waals surface area contributed by atoms with Gasteiger partial charge < -0.3 is 10.2 Å². The van der Waals surface area contributed by atoms with E-state index in [1.54, 1.807) is 0 Å². The average Bonchev–Trinajstić information content (AvgIpc) is 2.30. The first kappa shape index (κ1) is 8.97. The van der Waals surface area contributed by atoms with Crippen LogP contribution in [0.1, 0.15) is 12.8 Å². The van der Waals surface area contributed by atoms with E-state index in [4.69, 9.17) is 10.2 Å². The Labute approximate surface area is 77.2 Å². The van der Waals surface area contributed by atoms with E-state index in [0.717, 1.165) is 24.9 Å². The molecule has 13 heavy (non-hydrogen) atoms. The summed E-state index contributed by atoms with van der Waals surface area (Å²) in [5.74, 6) is 0.446. The summed E-state index contributed by atoms with van der Waals surface area (Å²) >= 11 is 0. The van der Waals surface area contributed by atoms with E-state index in [-0.39, 0.29) is 0 Å². The van der Waals surface area contributed by atoms with Crippen LogP contribution >= 0.6 is 0 Å². The van der Waals surface area contributed by atoms with Crippen LogP contribution < -0.4 is 0 Å². The summed E-state index contributed by atoms with van der Waals surface area (Å²) in [6.07, 6.45) is 1.35. The van der Waals surface area contributed by atoms with Gasteiger partial charge in [0.2, 0.25) is 0 Å². The van der Waals surface area contributed by atoms with Gasteiger partial charge in [0.1, 0.15) is 0 Å². The second-order valence-electron chi connectivity index (χ2n) is 4.17. The van der Waals surface area contributed by atoms with Gasteiger partial charge >= 0.3 is 5.97 Å². The molecule has 1 aliphatic heterocycles. The van der Waals surface area contributed by atoms with Gasteiger partial charge in [-0.05, 0) is 24.7 Å². The van der Waals surface area contributed by atoms with E-state index in [2.05, 4.69) is 4.90 Å². The van der Waals surface area contributed by atoms with E-state index < -0.39 is 12.1 Å². The Morgan fingerprint density at radius 1 is 1.38 bits per heavy atom. The number of hydrogen-bond acceptors (Lipinski definition) is 3. The molecule has 0 aromatic rings. The molecule has 3 atom stereocenters. The van der Waals surface area contributed by atoms with Crippen molar-refractivity contribution in [2.75, 3.05) is 19.6 Å². The van der Waals surface area contributed by atoms with E-state index in [9.17, 15) is 4.79 Å². The Kier molecular flexibility index (Phi) is 2.26. The molecule has 2 fully saturated rings. The molecule has 3 unspecified atom stereocenters. The molecule has 0 radical (unpaired) electrons. The predicted octanol–water partition coefficient (Wildman–Crippen LogP) is -0.226. The SMILES string of the molecule is O=C(O)C(O)CN1CC2CCC2C1. The van der Waals surface area contributed by atoms with E-state index in [1.807, 2.05) is 0 Å². The topological polar surface area (TPSA) is 60.8 Å². The van der Waals surface area contributed by atoms with Crippen LogP contribution in [0.5, 0.6) is 0 Å². The molecular formula is C9H15NO3. The van der Waals surface area contributed by atoms with Crippen LogP contribution in [0.2, 0.25) is 0 Å². The maximum atomic E-state index is 10.4. The van der Waals surface area contributed by atoms with Crippen LogP contribution in [0, 0.1) is 11.8 Å². The second-order valence-corrected chi connectivity index (χ2v) is 4.17. The van der Waals surface area contributed by atoms with Gasteiger partial charge in [0, 0.05) is 19.6 Å². The minimum absolute atomic E-state index is 0.294. The largest absolute Gasteiger partial charge is 0.479 e. The van der Waals surface area contributed by atoms with E-state index in [0.29, 0.717) is 6.54 Å². The molecule has 2 N–H and O–H groups in total. The first-order chi connectivity index (χ1) is 6.16. The molecule has 74 valence electrons. The number of aliphatic carboxylic acids is 1. The predicted molar refractivity (Wildman–Crippen MR) is 46.3 cm³/mol. The third kappa shape index (κ3) is 1.69. The Hall–Kier alpha value is -0.610. The molecule has 1 aliphatic carbocycles. The summed E-state index contributed by atoms with van der Waals surface area (Å²) in [7, 11) is 0. The van der Waals surface area contributed by atoms with Crippen LogP contribution in [-0.2, 0) is 4.79 Å². The number of β-amino-alcohol motifs (C(OH)–C–C–N with tert-alkyl or cyclic N) is 1. The molecule has 0 spiro atoms. The number of hydrogen-bond donors (Lipinski definition) is 2. The van der Waals surface area contributed by atoms with Gasteiger partial charge in [-0.2, -0.15) is 0 Å². The van der Waals surface area contributed by atoms with Crippen LogP contribution in [-0.4, -0.2) is 46.8 Å². The van der Waals surface area contributed by atoms with Crippen molar-refractivity contribution in [3.63, 3.8) is 0 Å². The molecule has 4 nitrogen and oxygen atoms in total. The smallest absolute Gasteiger partial charge is 0.333 e. The van der Waals surface area contributed by atoms with Crippen molar-refractivity contribution in [2.45, 2.75) is 18.9 Å². The lowest BCUT2D eigenvalue weighted by atomic mass is 9.77. The zero-order valence-electron chi connectivity index (χ0n) is 7.52. The molecule has 0 aromatic heterocycles. The summed E-state index contributed by atoms with van der Waals surface area (Å²) in [5.41, 5.74) is 0. The lowest BCUT2D eigenvalue weighted by molar-refractivity contribution is -0.147. The molecule has 1 heterocycles. The highest BCUT2D eigenvalue weighted by molar-refractivity contribution is 5.72. The molecule has 1 saturated heterocycles. The molecule has 2 rings (SSSR count). The number of nitrogens with zero attached hydrogens (tertiary/aromatic N) is 1. The van der Waals surface area contributed by atoms with Crippen molar-refractivity contribution in [3.05, 3.63) is 0 Å². The molecule has 2 aliphatic rings. The summed E-state index contributed by atoms with van der Waals surface area (Å²) in [6.45, 7) is 2.26. The highest BCUT2D eigenvalue weighted by Crippen LogP contribution is 2.40. The maximum Gasteiger partial charge on any atom is 0.333 e. The number of rotatable bonds is 3.